The number of nitrogens with one attached hydrogen (secondary N) is 2. The fourth-order valence-corrected chi connectivity index (χ4v) is 2.58. The van der Waals surface area contributed by atoms with E-state index < -0.39 is 5.91 Å². The van der Waals surface area contributed by atoms with E-state index in [4.69, 9.17) is 0 Å². The molecular formula is C16H17N5O2. The molecule has 118 valence electrons. The van der Waals surface area contributed by atoms with Crippen LogP contribution in [0.4, 0.5) is 5.69 Å². The monoisotopic (exact) mass is 311 g/mol. The zero-order chi connectivity index (χ0) is 16.0. The minimum atomic E-state index is -0.396. The topological polar surface area (TPSA) is 101 Å². The first-order valence-electron chi connectivity index (χ1n) is 7.86. The molecule has 2 aliphatic rings. The second-order valence-corrected chi connectivity index (χ2v) is 6.23. The second kappa shape index (κ2) is 5.26. The highest BCUT2D eigenvalue weighted by Gasteiger charge is 2.30. The molecule has 0 atom stereocenters. The molecule has 2 heterocycles. The standard InChI is InChI=1S/C16H17N5O2/c1-8-17-7-12(14(18-8)9-2-3-9)20-16(23)11-6-13(22)21-15(19-11)10-4-5-10/h6-7,9-10H,2-5H2,1H3,(H,20,23)(H,19,21,22). The smallest absolute Gasteiger partial charge is 0.274 e. The Labute approximate surface area is 132 Å². The molecule has 2 aromatic heterocycles. The van der Waals surface area contributed by atoms with E-state index in [2.05, 4.69) is 25.3 Å². The molecule has 0 spiro atoms. The normalized spacial score (nSPS) is 17.1. The molecule has 2 aliphatic carbocycles. The van der Waals surface area contributed by atoms with Gasteiger partial charge in [-0.15, -0.1) is 0 Å². The molecule has 0 radical (unpaired) electrons. The summed E-state index contributed by atoms with van der Waals surface area (Å²) < 4.78 is 0. The maximum Gasteiger partial charge on any atom is 0.274 e. The van der Waals surface area contributed by atoms with Gasteiger partial charge in [0.1, 0.15) is 17.3 Å². The Morgan fingerprint density at radius 2 is 1.96 bits per heavy atom. The van der Waals surface area contributed by atoms with Crippen LogP contribution in [0.3, 0.4) is 0 Å². The fourth-order valence-electron chi connectivity index (χ4n) is 2.58. The molecule has 7 heteroatoms. The van der Waals surface area contributed by atoms with E-state index >= 15 is 0 Å². The van der Waals surface area contributed by atoms with Gasteiger partial charge in [0.25, 0.3) is 11.5 Å². The summed E-state index contributed by atoms with van der Waals surface area (Å²) >= 11 is 0. The van der Waals surface area contributed by atoms with E-state index in [-0.39, 0.29) is 17.2 Å². The van der Waals surface area contributed by atoms with Gasteiger partial charge in [0, 0.05) is 17.9 Å². The lowest BCUT2D eigenvalue weighted by molar-refractivity contribution is 0.102. The number of aromatic nitrogens is 4. The van der Waals surface area contributed by atoms with E-state index in [0.29, 0.717) is 23.3 Å². The number of H-pyrrole nitrogens is 1. The summed E-state index contributed by atoms with van der Waals surface area (Å²) in [5.74, 6) is 1.56. The fraction of sp³-hybridized carbons (Fsp3) is 0.438. The Kier molecular flexibility index (Phi) is 3.21. The molecule has 2 N–H and O–H groups in total. The third kappa shape index (κ3) is 2.99. The van der Waals surface area contributed by atoms with E-state index in [1.54, 1.807) is 6.20 Å². The van der Waals surface area contributed by atoms with Gasteiger partial charge >= 0.3 is 0 Å². The van der Waals surface area contributed by atoms with Crippen molar-refractivity contribution in [1.29, 1.82) is 0 Å². The largest absolute Gasteiger partial charge is 0.318 e. The van der Waals surface area contributed by atoms with E-state index in [1.165, 1.54) is 6.07 Å². The lowest BCUT2D eigenvalue weighted by Gasteiger charge is -2.10. The van der Waals surface area contributed by atoms with Crippen LogP contribution in [0.15, 0.2) is 17.1 Å². The van der Waals surface area contributed by atoms with Crippen LogP contribution >= 0.6 is 0 Å². The summed E-state index contributed by atoms with van der Waals surface area (Å²) in [5, 5.41) is 2.81. The number of aryl methyl sites for hydroxylation is 1. The lowest BCUT2D eigenvalue weighted by Crippen LogP contribution is -2.21. The number of nitrogens with zero attached hydrogens (tertiary/aromatic N) is 3. The van der Waals surface area contributed by atoms with Gasteiger partial charge in [-0.3, -0.25) is 9.59 Å². The number of carbonyl (C=O) groups is 1. The van der Waals surface area contributed by atoms with E-state index in [9.17, 15) is 9.59 Å². The quantitative estimate of drug-likeness (QED) is 0.897. The van der Waals surface area contributed by atoms with Crippen molar-refractivity contribution in [3.63, 3.8) is 0 Å². The summed E-state index contributed by atoms with van der Waals surface area (Å²) in [5.41, 5.74) is 1.32. The van der Waals surface area contributed by atoms with Crippen molar-refractivity contribution in [2.75, 3.05) is 5.32 Å². The summed E-state index contributed by atoms with van der Waals surface area (Å²) in [4.78, 5) is 39.8. The zero-order valence-corrected chi connectivity index (χ0v) is 12.8. The highest BCUT2D eigenvalue weighted by Crippen LogP contribution is 2.42. The van der Waals surface area contributed by atoms with Crippen LogP contribution in [0.2, 0.25) is 0 Å². The van der Waals surface area contributed by atoms with Gasteiger partial charge in [0.15, 0.2) is 0 Å². The number of carbonyl (C=O) groups excluding carboxylic acids is 1. The van der Waals surface area contributed by atoms with Gasteiger partial charge in [-0.1, -0.05) is 0 Å². The minimum absolute atomic E-state index is 0.137. The number of hydrogen-bond donors (Lipinski definition) is 2. The third-order valence-electron chi connectivity index (χ3n) is 4.11. The predicted molar refractivity (Wildman–Crippen MR) is 83.5 cm³/mol. The highest BCUT2D eigenvalue weighted by molar-refractivity contribution is 6.03. The number of amides is 1. The van der Waals surface area contributed by atoms with Gasteiger partial charge in [-0.2, -0.15) is 0 Å². The molecular weight excluding hydrogens is 294 g/mol. The van der Waals surface area contributed by atoms with Crippen molar-refractivity contribution in [2.45, 2.75) is 44.4 Å². The molecule has 0 unspecified atom stereocenters. The first-order chi connectivity index (χ1) is 11.1. The molecule has 2 saturated carbocycles. The number of rotatable bonds is 4. The van der Waals surface area contributed by atoms with Gasteiger partial charge in [0.2, 0.25) is 0 Å². The molecule has 4 rings (SSSR count). The maximum atomic E-state index is 12.5. The van der Waals surface area contributed by atoms with Crippen molar-refractivity contribution in [1.82, 2.24) is 19.9 Å². The van der Waals surface area contributed by atoms with Crippen LogP contribution in [0.25, 0.3) is 0 Å². The molecule has 0 aromatic carbocycles. The maximum absolute atomic E-state index is 12.5. The van der Waals surface area contributed by atoms with Crippen LogP contribution < -0.4 is 10.9 Å². The number of aromatic amines is 1. The Morgan fingerprint density at radius 1 is 1.22 bits per heavy atom. The van der Waals surface area contributed by atoms with Crippen molar-refractivity contribution in [2.24, 2.45) is 0 Å². The molecule has 0 saturated heterocycles. The zero-order valence-electron chi connectivity index (χ0n) is 12.8. The van der Waals surface area contributed by atoms with Crippen molar-refractivity contribution < 1.29 is 4.79 Å². The summed E-state index contributed by atoms with van der Waals surface area (Å²) in [6.45, 7) is 1.83. The first kappa shape index (κ1) is 14.0. The Bertz CT molecular complexity index is 837. The van der Waals surface area contributed by atoms with Crippen molar-refractivity contribution in [3.8, 4) is 0 Å². The molecule has 23 heavy (non-hydrogen) atoms. The average molecular weight is 311 g/mol. The van der Waals surface area contributed by atoms with E-state index in [1.807, 2.05) is 6.92 Å². The van der Waals surface area contributed by atoms with Crippen LogP contribution in [0, 0.1) is 6.92 Å². The minimum Gasteiger partial charge on any atom is -0.318 e. The lowest BCUT2D eigenvalue weighted by atomic mass is 10.2. The molecule has 0 bridgehead atoms. The highest BCUT2D eigenvalue weighted by atomic mass is 16.2. The van der Waals surface area contributed by atoms with Gasteiger partial charge in [-0.25, -0.2) is 15.0 Å². The van der Waals surface area contributed by atoms with Crippen LogP contribution in [0.1, 0.15) is 65.4 Å². The third-order valence-corrected chi connectivity index (χ3v) is 4.11. The van der Waals surface area contributed by atoms with Crippen LogP contribution in [-0.4, -0.2) is 25.8 Å². The first-order valence-corrected chi connectivity index (χ1v) is 7.86. The van der Waals surface area contributed by atoms with Gasteiger partial charge in [0.05, 0.1) is 17.6 Å². The van der Waals surface area contributed by atoms with Crippen molar-refractivity contribution >= 4 is 11.6 Å². The van der Waals surface area contributed by atoms with Crippen molar-refractivity contribution in [3.05, 3.63) is 45.7 Å². The molecule has 1 amide bonds. The summed E-state index contributed by atoms with van der Waals surface area (Å²) in [7, 11) is 0. The number of anilines is 1. The Morgan fingerprint density at radius 3 is 2.65 bits per heavy atom. The van der Waals surface area contributed by atoms with Crippen LogP contribution in [-0.2, 0) is 0 Å². The number of hydrogen-bond acceptors (Lipinski definition) is 5. The second-order valence-electron chi connectivity index (χ2n) is 6.23. The van der Waals surface area contributed by atoms with E-state index in [0.717, 1.165) is 31.4 Å². The summed E-state index contributed by atoms with van der Waals surface area (Å²) in [6, 6.07) is 1.23. The Hall–Kier alpha value is -2.57. The molecule has 0 aliphatic heterocycles. The van der Waals surface area contributed by atoms with Gasteiger partial charge < -0.3 is 10.3 Å². The summed E-state index contributed by atoms with van der Waals surface area (Å²) in [6.07, 6.45) is 5.79. The SMILES string of the molecule is Cc1ncc(NC(=O)c2cc(=O)[nH]c(C3CC3)n2)c(C2CC2)n1. The molecule has 2 fully saturated rings. The molecule has 2 aromatic rings. The molecule has 7 nitrogen and oxygen atoms in total. The van der Waals surface area contributed by atoms with Gasteiger partial charge in [-0.05, 0) is 32.6 Å². The van der Waals surface area contributed by atoms with Crippen LogP contribution in [0.5, 0.6) is 0 Å². The Balaban J connectivity index is 1.62. The predicted octanol–water partition coefficient (Wildman–Crippen LogP) is 1.88. The average Bonchev–Trinajstić information content (AvgIpc) is 3.39.